The van der Waals surface area contributed by atoms with Crippen molar-refractivity contribution < 1.29 is 9.53 Å². The summed E-state index contributed by atoms with van der Waals surface area (Å²) in [6.45, 7) is 9.83. The first-order valence-corrected chi connectivity index (χ1v) is 4.63. The summed E-state index contributed by atoms with van der Waals surface area (Å²) in [4.78, 5) is 9.93. The van der Waals surface area contributed by atoms with Gasteiger partial charge in [-0.2, -0.15) is 0 Å². The molecule has 0 aromatic rings. The molecule has 0 aromatic heterocycles. The van der Waals surface area contributed by atoms with Crippen LogP contribution in [0.5, 0.6) is 0 Å². The fourth-order valence-electron chi connectivity index (χ4n) is 1.33. The van der Waals surface area contributed by atoms with E-state index in [0.29, 0.717) is 24.9 Å². The summed E-state index contributed by atoms with van der Waals surface area (Å²) in [5, 5.41) is 0. The Labute approximate surface area is 75.3 Å². The van der Waals surface area contributed by atoms with E-state index in [-0.39, 0.29) is 0 Å². The first-order valence-electron chi connectivity index (χ1n) is 4.63. The summed E-state index contributed by atoms with van der Waals surface area (Å²) in [6.07, 6.45) is 1.20. The Hall–Kier alpha value is -0.530. The maximum absolute atomic E-state index is 9.93. The normalized spacial score (nSPS) is 15.8. The molecule has 2 heteroatoms. The van der Waals surface area contributed by atoms with Gasteiger partial charge in [0.25, 0.3) is 6.47 Å². The van der Waals surface area contributed by atoms with E-state index < -0.39 is 0 Å². The molecule has 0 aliphatic rings. The molecule has 0 saturated carbocycles. The number of ether oxygens (including phenoxy) is 1. The SMILES string of the molecule is CC(C)CC(C)C(C)COC=O. The molecular weight excluding hydrogens is 152 g/mol. The van der Waals surface area contributed by atoms with Crippen molar-refractivity contribution in [2.45, 2.75) is 34.1 Å². The number of hydrogen-bond donors (Lipinski definition) is 0. The molecule has 12 heavy (non-hydrogen) atoms. The number of hydrogen-bond acceptors (Lipinski definition) is 2. The van der Waals surface area contributed by atoms with Gasteiger partial charge in [-0.25, -0.2) is 0 Å². The average molecular weight is 172 g/mol. The Morgan fingerprint density at radius 2 is 1.75 bits per heavy atom. The molecule has 0 saturated heterocycles. The highest BCUT2D eigenvalue weighted by atomic mass is 16.5. The van der Waals surface area contributed by atoms with Gasteiger partial charge in [-0.15, -0.1) is 0 Å². The highest BCUT2D eigenvalue weighted by Crippen LogP contribution is 2.19. The molecule has 0 aliphatic heterocycles. The second-order valence-electron chi connectivity index (χ2n) is 4.01. The van der Waals surface area contributed by atoms with Crippen LogP contribution in [0, 0.1) is 17.8 Å². The zero-order valence-corrected chi connectivity index (χ0v) is 8.54. The summed E-state index contributed by atoms with van der Waals surface area (Å²) in [5.74, 6) is 1.82. The van der Waals surface area contributed by atoms with Crippen molar-refractivity contribution in [1.82, 2.24) is 0 Å². The molecule has 72 valence electrons. The van der Waals surface area contributed by atoms with Crippen LogP contribution in [0.4, 0.5) is 0 Å². The molecule has 0 aromatic carbocycles. The zero-order chi connectivity index (χ0) is 9.56. The van der Waals surface area contributed by atoms with Crippen molar-refractivity contribution in [3.8, 4) is 0 Å². The van der Waals surface area contributed by atoms with Gasteiger partial charge in [0.15, 0.2) is 0 Å². The molecule has 0 aliphatic carbocycles. The quantitative estimate of drug-likeness (QED) is 0.575. The summed E-state index contributed by atoms with van der Waals surface area (Å²) >= 11 is 0. The Bertz CT molecular complexity index is 121. The van der Waals surface area contributed by atoms with Crippen LogP contribution in [0.3, 0.4) is 0 Å². The smallest absolute Gasteiger partial charge is 0.293 e. The van der Waals surface area contributed by atoms with Gasteiger partial charge in [0, 0.05) is 0 Å². The maximum atomic E-state index is 9.93. The molecular formula is C10H20O2. The highest BCUT2D eigenvalue weighted by molar-refractivity contribution is 5.36. The molecule has 2 unspecified atom stereocenters. The summed E-state index contributed by atoms with van der Waals surface area (Å²) in [7, 11) is 0. The third kappa shape index (κ3) is 5.16. The van der Waals surface area contributed by atoms with Gasteiger partial charge >= 0.3 is 0 Å². The van der Waals surface area contributed by atoms with Gasteiger partial charge in [0.1, 0.15) is 0 Å². The number of carbonyl (C=O) groups is 1. The monoisotopic (exact) mass is 172 g/mol. The van der Waals surface area contributed by atoms with E-state index in [1.165, 1.54) is 6.42 Å². The van der Waals surface area contributed by atoms with Crippen LogP contribution in [0.2, 0.25) is 0 Å². The molecule has 0 amide bonds. The Morgan fingerprint density at radius 3 is 2.17 bits per heavy atom. The molecule has 2 atom stereocenters. The molecule has 0 N–H and O–H groups in total. The average Bonchev–Trinajstić information content (AvgIpc) is 1.98. The largest absolute Gasteiger partial charge is 0.468 e. The van der Waals surface area contributed by atoms with Crippen LogP contribution < -0.4 is 0 Å². The van der Waals surface area contributed by atoms with Gasteiger partial charge in [-0.05, 0) is 24.2 Å². The summed E-state index contributed by atoms with van der Waals surface area (Å²) < 4.78 is 4.72. The minimum Gasteiger partial charge on any atom is -0.468 e. The zero-order valence-electron chi connectivity index (χ0n) is 8.54. The predicted molar refractivity (Wildman–Crippen MR) is 49.8 cm³/mol. The van der Waals surface area contributed by atoms with Gasteiger partial charge in [0.2, 0.25) is 0 Å². The standard InChI is InChI=1S/C10H20O2/c1-8(2)5-9(3)10(4)6-12-7-11/h7-10H,5-6H2,1-4H3. The molecule has 0 fully saturated rings. The molecule has 0 spiro atoms. The minimum atomic E-state index is 0.470. The number of carbonyl (C=O) groups excluding carboxylic acids is 1. The molecule has 0 bridgehead atoms. The predicted octanol–water partition coefficient (Wildman–Crippen LogP) is 2.48. The molecule has 0 rings (SSSR count). The van der Waals surface area contributed by atoms with Crippen molar-refractivity contribution >= 4 is 6.47 Å². The first-order chi connectivity index (χ1) is 5.57. The van der Waals surface area contributed by atoms with E-state index in [1.807, 2.05) is 0 Å². The Kier molecular flexibility index (Phi) is 5.77. The lowest BCUT2D eigenvalue weighted by Crippen LogP contribution is -2.16. The van der Waals surface area contributed by atoms with Gasteiger partial charge in [-0.3, -0.25) is 4.79 Å². The van der Waals surface area contributed by atoms with Crippen molar-refractivity contribution in [3.63, 3.8) is 0 Å². The molecule has 0 radical (unpaired) electrons. The van der Waals surface area contributed by atoms with E-state index >= 15 is 0 Å². The van der Waals surface area contributed by atoms with Crippen LogP contribution in [0.1, 0.15) is 34.1 Å². The third-order valence-electron chi connectivity index (χ3n) is 2.24. The fraction of sp³-hybridized carbons (Fsp3) is 0.900. The van der Waals surface area contributed by atoms with Crippen molar-refractivity contribution in [2.75, 3.05) is 6.61 Å². The number of rotatable bonds is 6. The van der Waals surface area contributed by atoms with E-state index in [9.17, 15) is 4.79 Å². The van der Waals surface area contributed by atoms with Gasteiger partial charge in [0.05, 0.1) is 6.61 Å². The summed E-state index contributed by atoms with van der Waals surface area (Å²) in [6, 6.07) is 0. The highest BCUT2D eigenvalue weighted by Gasteiger charge is 2.13. The second-order valence-corrected chi connectivity index (χ2v) is 4.01. The maximum Gasteiger partial charge on any atom is 0.293 e. The Balaban J connectivity index is 3.60. The first kappa shape index (κ1) is 11.5. The second kappa shape index (κ2) is 6.04. The van der Waals surface area contributed by atoms with Crippen molar-refractivity contribution in [2.24, 2.45) is 17.8 Å². The van der Waals surface area contributed by atoms with E-state index in [1.54, 1.807) is 0 Å². The lowest BCUT2D eigenvalue weighted by molar-refractivity contribution is -0.130. The van der Waals surface area contributed by atoms with E-state index in [4.69, 9.17) is 4.74 Å². The van der Waals surface area contributed by atoms with Crippen molar-refractivity contribution in [1.29, 1.82) is 0 Å². The fourth-order valence-corrected chi connectivity index (χ4v) is 1.33. The van der Waals surface area contributed by atoms with Crippen LogP contribution in [-0.4, -0.2) is 13.1 Å². The van der Waals surface area contributed by atoms with Crippen LogP contribution in [-0.2, 0) is 9.53 Å². The van der Waals surface area contributed by atoms with Crippen LogP contribution in [0.25, 0.3) is 0 Å². The van der Waals surface area contributed by atoms with Crippen LogP contribution in [0.15, 0.2) is 0 Å². The third-order valence-corrected chi connectivity index (χ3v) is 2.24. The van der Waals surface area contributed by atoms with Gasteiger partial charge < -0.3 is 4.74 Å². The van der Waals surface area contributed by atoms with E-state index in [0.717, 1.165) is 5.92 Å². The van der Waals surface area contributed by atoms with Crippen molar-refractivity contribution in [3.05, 3.63) is 0 Å². The lowest BCUT2D eigenvalue weighted by Gasteiger charge is -2.20. The van der Waals surface area contributed by atoms with Crippen LogP contribution >= 0.6 is 0 Å². The Morgan fingerprint density at radius 1 is 1.17 bits per heavy atom. The lowest BCUT2D eigenvalue weighted by atomic mass is 9.89. The molecule has 0 heterocycles. The topological polar surface area (TPSA) is 26.3 Å². The minimum absolute atomic E-state index is 0.470. The van der Waals surface area contributed by atoms with Gasteiger partial charge in [-0.1, -0.05) is 27.7 Å². The summed E-state index contributed by atoms with van der Waals surface area (Å²) in [5.41, 5.74) is 0. The van der Waals surface area contributed by atoms with E-state index in [2.05, 4.69) is 27.7 Å². The molecule has 2 nitrogen and oxygen atoms in total.